The fourth-order valence-corrected chi connectivity index (χ4v) is 3.12. The summed E-state index contributed by atoms with van der Waals surface area (Å²) >= 11 is 0. The summed E-state index contributed by atoms with van der Waals surface area (Å²) in [5.41, 5.74) is 0.935. The molecule has 0 bridgehead atoms. The van der Waals surface area contributed by atoms with Crippen LogP contribution in [0.4, 0.5) is 0 Å². The minimum absolute atomic E-state index is 0.0569. The maximum absolute atomic E-state index is 11.3. The van der Waals surface area contributed by atoms with E-state index in [2.05, 4.69) is 4.72 Å². The number of sulfonamides is 2. The molecule has 0 spiro atoms. The Morgan fingerprint density at radius 2 is 1.81 bits per heavy atom. The third-order valence-corrected chi connectivity index (χ3v) is 4.67. The van der Waals surface area contributed by atoms with E-state index in [9.17, 15) is 16.8 Å². The molecule has 0 radical (unpaired) electrons. The van der Waals surface area contributed by atoms with Gasteiger partial charge in [-0.1, -0.05) is 24.3 Å². The van der Waals surface area contributed by atoms with Crippen LogP contribution in [-0.4, -0.2) is 29.6 Å². The number of hydrogen-bond acceptors (Lipinski definition) is 4. The van der Waals surface area contributed by atoms with Crippen molar-refractivity contribution in [2.75, 3.05) is 12.8 Å². The number of nitrogens with one attached hydrogen (secondary N) is 1. The second-order valence-electron chi connectivity index (χ2n) is 4.76. The Hall–Kier alpha value is -1.48. The summed E-state index contributed by atoms with van der Waals surface area (Å²) in [5.74, 6) is 0. The molecule has 0 amide bonds. The van der Waals surface area contributed by atoms with Gasteiger partial charge in [-0.15, -0.1) is 0 Å². The summed E-state index contributed by atoms with van der Waals surface area (Å²) in [6.45, 7) is 0.287. The molecule has 0 heterocycles. The molecule has 8 heteroatoms. The van der Waals surface area contributed by atoms with Crippen molar-refractivity contribution >= 4 is 30.8 Å². The molecule has 2 rings (SSSR count). The van der Waals surface area contributed by atoms with Crippen molar-refractivity contribution in [3.63, 3.8) is 0 Å². The zero-order valence-electron chi connectivity index (χ0n) is 11.4. The Balaban J connectivity index is 2.34. The third kappa shape index (κ3) is 4.24. The molecule has 21 heavy (non-hydrogen) atoms. The predicted octanol–water partition coefficient (Wildman–Crippen LogP) is 0.579. The summed E-state index contributed by atoms with van der Waals surface area (Å²) in [5, 5.41) is 6.73. The Labute approximate surface area is 124 Å². The molecule has 114 valence electrons. The molecule has 2 aromatic carbocycles. The second-order valence-corrected chi connectivity index (χ2v) is 8.16. The largest absolute Gasteiger partial charge is 0.238 e. The molecular formula is C13H16N2O4S2. The standard InChI is InChI=1S/C13H16N2O4S2/c1-20(16,17)15-8-7-10-3-2-4-11-9-12(21(14,18)19)5-6-13(10)11/h2-6,9,15H,7-8H2,1H3,(H2,14,18,19). The number of fused-ring (bicyclic) bond motifs is 1. The van der Waals surface area contributed by atoms with Crippen molar-refractivity contribution in [2.45, 2.75) is 11.3 Å². The number of hydrogen-bond donors (Lipinski definition) is 2. The zero-order valence-corrected chi connectivity index (χ0v) is 13.0. The Morgan fingerprint density at radius 1 is 1.10 bits per heavy atom. The lowest BCUT2D eigenvalue weighted by molar-refractivity contribution is 0.587. The molecule has 2 aromatic rings. The summed E-state index contributed by atoms with van der Waals surface area (Å²) in [7, 11) is -6.95. The van der Waals surface area contributed by atoms with Crippen LogP contribution in [0, 0.1) is 0 Å². The van der Waals surface area contributed by atoms with Crippen molar-refractivity contribution in [1.29, 1.82) is 0 Å². The predicted molar refractivity (Wildman–Crippen MR) is 81.9 cm³/mol. The van der Waals surface area contributed by atoms with Gasteiger partial charge in [0, 0.05) is 6.54 Å². The lowest BCUT2D eigenvalue weighted by Gasteiger charge is -2.08. The monoisotopic (exact) mass is 328 g/mol. The van der Waals surface area contributed by atoms with Gasteiger partial charge in [-0.3, -0.25) is 0 Å². The summed E-state index contributed by atoms with van der Waals surface area (Å²) < 4.78 is 47.2. The van der Waals surface area contributed by atoms with Crippen LogP contribution in [0.5, 0.6) is 0 Å². The van der Waals surface area contributed by atoms with Crippen molar-refractivity contribution in [3.05, 3.63) is 42.0 Å². The van der Waals surface area contributed by atoms with Crippen LogP contribution in [0.25, 0.3) is 10.8 Å². The zero-order chi connectivity index (χ0) is 15.7. The molecule has 0 atom stereocenters. The minimum atomic E-state index is -3.74. The molecule has 0 unspecified atom stereocenters. The average Bonchev–Trinajstić information content (AvgIpc) is 2.36. The molecule has 0 saturated carbocycles. The first-order chi connectivity index (χ1) is 9.67. The van der Waals surface area contributed by atoms with E-state index in [0.717, 1.165) is 22.6 Å². The molecule has 0 fully saturated rings. The highest BCUT2D eigenvalue weighted by Gasteiger charge is 2.10. The highest BCUT2D eigenvalue weighted by Crippen LogP contribution is 2.22. The van der Waals surface area contributed by atoms with Gasteiger partial charge in [-0.05, 0) is 34.9 Å². The van der Waals surface area contributed by atoms with Crippen molar-refractivity contribution < 1.29 is 16.8 Å². The van der Waals surface area contributed by atoms with Gasteiger partial charge in [0.2, 0.25) is 20.0 Å². The van der Waals surface area contributed by atoms with Crippen LogP contribution in [0.1, 0.15) is 5.56 Å². The smallest absolute Gasteiger partial charge is 0.225 e. The van der Waals surface area contributed by atoms with E-state index >= 15 is 0 Å². The van der Waals surface area contributed by atoms with Gasteiger partial charge in [0.1, 0.15) is 0 Å². The first kappa shape index (κ1) is 15.9. The van der Waals surface area contributed by atoms with Crippen LogP contribution in [0.2, 0.25) is 0 Å². The van der Waals surface area contributed by atoms with Crippen LogP contribution >= 0.6 is 0 Å². The van der Waals surface area contributed by atoms with E-state index in [1.807, 2.05) is 6.07 Å². The average molecular weight is 328 g/mol. The Bertz CT molecular complexity index is 874. The van der Waals surface area contributed by atoms with E-state index < -0.39 is 20.0 Å². The van der Waals surface area contributed by atoms with E-state index in [1.165, 1.54) is 12.1 Å². The third-order valence-electron chi connectivity index (χ3n) is 3.03. The fraction of sp³-hybridized carbons (Fsp3) is 0.231. The second kappa shape index (κ2) is 5.72. The SMILES string of the molecule is CS(=O)(=O)NCCc1cccc2cc(S(N)(=O)=O)ccc12. The molecular weight excluding hydrogens is 312 g/mol. The molecule has 0 aliphatic carbocycles. The van der Waals surface area contributed by atoms with Gasteiger partial charge in [-0.25, -0.2) is 26.7 Å². The first-order valence-corrected chi connectivity index (χ1v) is 9.60. The van der Waals surface area contributed by atoms with E-state index in [4.69, 9.17) is 5.14 Å². The van der Waals surface area contributed by atoms with Crippen LogP contribution in [-0.2, 0) is 26.5 Å². The van der Waals surface area contributed by atoms with E-state index in [1.54, 1.807) is 18.2 Å². The highest BCUT2D eigenvalue weighted by atomic mass is 32.2. The van der Waals surface area contributed by atoms with E-state index in [-0.39, 0.29) is 11.4 Å². The van der Waals surface area contributed by atoms with Gasteiger partial charge in [-0.2, -0.15) is 0 Å². The van der Waals surface area contributed by atoms with E-state index in [0.29, 0.717) is 6.42 Å². The number of benzene rings is 2. The first-order valence-electron chi connectivity index (χ1n) is 6.16. The van der Waals surface area contributed by atoms with Gasteiger partial charge in [0.15, 0.2) is 0 Å². The Kier molecular flexibility index (Phi) is 4.33. The summed E-state index contributed by atoms with van der Waals surface area (Å²) in [6, 6.07) is 10.1. The maximum Gasteiger partial charge on any atom is 0.238 e. The van der Waals surface area contributed by atoms with Crippen molar-refractivity contribution in [2.24, 2.45) is 5.14 Å². The molecule has 3 N–H and O–H groups in total. The van der Waals surface area contributed by atoms with Crippen molar-refractivity contribution in [3.8, 4) is 0 Å². The lowest BCUT2D eigenvalue weighted by Crippen LogP contribution is -2.24. The maximum atomic E-state index is 11.3. The van der Waals surface area contributed by atoms with Gasteiger partial charge < -0.3 is 0 Å². The van der Waals surface area contributed by atoms with Crippen LogP contribution in [0.15, 0.2) is 41.3 Å². The normalized spacial score (nSPS) is 12.7. The molecule has 6 nitrogen and oxygen atoms in total. The summed E-state index contributed by atoms with van der Waals surface area (Å²) in [6.07, 6.45) is 1.62. The number of rotatable bonds is 5. The molecule has 0 saturated heterocycles. The van der Waals surface area contributed by atoms with Gasteiger partial charge >= 0.3 is 0 Å². The minimum Gasteiger partial charge on any atom is -0.225 e. The van der Waals surface area contributed by atoms with Crippen LogP contribution in [0.3, 0.4) is 0 Å². The number of nitrogens with two attached hydrogens (primary N) is 1. The van der Waals surface area contributed by atoms with Crippen LogP contribution < -0.4 is 9.86 Å². The van der Waals surface area contributed by atoms with Gasteiger partial charge in [0.05, 0.1) is 11.2 Å². The Morgan fingerprint density at radius 3 is 2.43 bits per heavy atom. The molecule has 0 aliphatic heterocycles. The quantitative estimate of drug-likeness (QED) is 0.837. The fourth-order valence-electron chi connectivity index (χ4n) is 2.09. The lowest BCUT2D eigenvalue weighted by atomic mass is 10.0. The molecule has 0 aromatic heterocycles. The highest BCUT2D eigenvalue weighted by molar-refractivity contribution is 7.89. The van der Waals surface area contributed by atoms with Gasteiger partial charge in [0.25, 0.3) is 0 Å². The van der Waals surface area contributed by atoms with Crippen molar-refractivity contribution in [1.82, 2.24) is 4.72 Å². The number of primary sulfonamides is 1. The molecule has 0 aliphatic rings. The summed E-state index contributed by atoms with van der Waals surface area (Å²) in [4.78, 5) is 0.0569. The topological polar surface area (TPSA) is 106 Å².